The van der Waals surface area contributed by atoms with Crippen LogP contribution in [0.1, 0.15) is 5.56 Å². The van der Waals surface area contributed by atoms with Gasteiger partial charge in [-0.15, -0.1) is 11.6 Å². The van der Waals surface area contributed by atoms with Crippen molar-refractivity contribution >= 4 is 44.8 Å². The van der Waals surface area contributed by atoms with E-state index in [1.807, 2.05) is 0 Å². The molecule has 1 aromatic rings. The van der Waals surface area contributed by atoms with E-state index in [-0.39, 0.29) is 15.8 Å². The Balaban J connectivity index is 2.47. The predicted octanol–water partition coefficient (Wildman–Crippen LogP) is 2.75. The van der Waals surface area contributed by atoms with Gasteiger partial charge in [0.25, 0.3) is 0 Å². The molecule has 2 rings (SSSR count). The molecule has 0 radical (unpaired) electrons. The number of nitrogens with zero attached hydrogens (tertiary/aromatic N) is 1. The number of ether oxygens (including phenoxy) is 1. The highest BCUT2D eigenvalue weighted by molar-refractivity contribution is 7.89. The van der Waals surface area contributed by atoms with E-state index < -0.39 is 10.0 Å². The number of rotatable bonds is 3. The molecule has 1 aliphatic heterocycles. The molecule has 1 aliphatic rings. The summed E-state index contributed by atoms with van der Waals surface area (Å²) in [6.07, 6.45) is 0. The van der Waals surface area contributed by atoms with Gasteiger partial charge in [0.05, 0.1) is 18.2 Å². The molecule has 106 valence electrons. The van der Waals surface area contributed by atoms with E-state index in [1.54, 1.807) is 6.07 Å². The van der Waals surface area contributed by atoms with Crippen LogP contribution in [0.25, 0.3) is 0 Å². The Hall–Kier alpha value is -0.0400. The highest BCUT2D eigenvalue weighted by Gasteiger charge is 2.29. The van der Waals surface area contributed by atoms with Crippen LogP contribution in [-0.2, 0) is 20.6 Å². The summed E-state index contributed by atoms with van der Waals surface area (Å²) in [7, 11) is -3.67. The minimum atomic E-state index is -3.67. The minimum absolute atomic E-state index is 0.000725. The number of hydrogen-bond acceptors (Lipinski definition) is 3. The lowest BCUT2D eigenvalue weighted by Crippen LogP contribution is -2.40. The van der Waals surface area contributed by atoms with Crippen molar-refractivity contribution in [3.63, 3.8) is 0 Å². The summed E-state index contributed by atoms with van der Waals surface area (Å²) in [6, 6.07) is 2.92. The number of sulfonamides is 1. The Bertz CT molecular complexity index is 571. The summed E-state index contributed by atoms with van der Waals surface area (Å²) in [5.41, 5.74) is 0.502. The van der Waals surface area contributed by atoms with Crippen LogP contribution >= 0.6 is 34.8 Å². The van der Waals surface area contributed by atoms with Crippen molar-refractivity contribution in [1.29, 1.82) is 0 Å². The fraction of sp³-hybridized carbons (Fsp3) is 0.455. The van der Waals surface area contributed by atoms with Crippen LogP contribution in [0.15, 0.2) is 17.0 Å². The van der Waals surface area contributed by atoms with E-state index in [9.17, 15) is 8.42 Å². The summed E-state index contributed by atoms with van der Waals surface area (Å²) in [4.78, 5) is -0.000725. The molecule has 0 unspecified atom stereocenters. The largest absolute Gasteiger partial charge is 0.379 e. The highest BCUT2D eigenvalue weighted by Crippen LogP contribution is 2.32. The first-order chi connectivity index (χ1) is 8.96. The molecule has 0 saturated carbocycles. The molecule has 1 saturated heterocycles. The summed E-state index contributed by atoms with van der Waals surface area (Å²) < 4.78 is 31.5. The molecule has 1 fully saturated rings. The Morgan fingerprint density at radius 2 is 1.84 bits per heavy atom. The van der Waals surface area contributed by atoms with Crippen LogP contribution in [0.3, 0.4) is 0 Å². The van der Waals surface area contributed by atoms with Gasteiger partial charge in [0.15, 0.2) is 0 Å². The average molecular weight is 345 g/mol. The lowest BCUT2D eigenvalue weighted by molar-refractivity contribution is 0.0730. The zero-order valence-electron chi connectivity index (χ0n) is 9.90. The Morgan fingerprint density at radius 1 is 1.21 bits per heavy atom. The number of hydrogen-bond donors (Lipinski definition) is 0. The van der Waals surface area contributed by atoms with Crippen molar-refractivity contribution in [2.45, 2.75) is 10.8 Å². The van der Waals surface area contributed by atoms with Crippen molar-refractivity contribution in [3.8, 4) is 0 Å². The Kier molecular flexibility index (Phi) is 4.98. The Morgan fingerprint density at radius 3 is 2.42 bits per heavy atom. The molecule has 19 heavy (non-hydrogen) atoms. The molecule has 0 atom stereocenters. The third kappa shape index (κ3) is 3.17. The zero-order chi connectivity index (χ0) is 14.0. The van der Waals surface area contributed by atoms with Gasteiger partial charge in [-0.3, -0.25) is 0 Å². The fourth-order valence-electron chi connectivity index (χ4n) is 1.83. The molecule has 0 aromatic heterocycles. The topological polar surface area (TPSA) is 46.6 Å². The van der Waals surface area contributed by atoms with Crippen LogP contribution in [0, 0.1) is 0 Å². The highest BCUT2D eigenvalue weighted by atomic mass is 35.5. The molecule has 8 heteroatoms. The normalized spacial score (nSPS) is 17.6. The lowest BCUT2D eigenvalue weighted by Gasteiger charge is -2.26. The van der Waals surface area contributed by atoms with Gasteiger partial charge in [-0.1, -0.05) is 23.2 Å². The standard InChI is InChI=1S/C11H12Cl3NO3S/c12-7-8-5-9(13)6-10(11(8)14)19(16,17)15-1-3-18-4-2-15/h5-6H,1-4,7H2. The minimum Gasteiger partial charge on any atom is -0.379 e. The first-order valence-electron chi connectivity index (χ1n) is 5.58. The average Bonchev–Trinajstić information content (AvgIpc) is 2.41. The molecule has 0 spiro atoms. The monoisotopic (exact) mass is 343 g/mol. The van der Waals surface area contributed by atoms with Gasteiger partial charge in [0.1, 0.15) is 4.90 Å². The maximum absolute atomic E-state index is 12.5. The molecular formula is C11H12Cl3NO3S. The molecule has 4 nitrogen and oxygen atoms in total. The zero-order valence-corrected chi connectivity index (χ0v) is 13.0. The van der Waals surface area contributed by atoms with Crippen molar-refractivity contribution in [3.05, 3.63) is 27.7 Å². The summed E-state index contributed by atoms with van der Waals surface area (Å²) in [6.45, 7) is 1.36. The quantitative estimate of drug-likeness (QED) is 0.792. The van der Waals surface area contributed by atoms with Crippen LogP contribution in [0.4, 0.5) is 0 Å². The Labute approximate surface area is 127 Å². The second-order valence-electron chi connectivity index (χ2n) is 4.03. The molecule has 0 amide bonds. The van der Waals surface area contributed by atoms with E-state index in [0.717, 1.165) is 0 Å². The molecular weight excluding hydrogens is 333 g/mol. The maximum Gasteiger partial charge on any atom is 0.244 e. The predicted molar refractivity (Wildman–Crippen MR) is 75.6 cm³/mol. The van der Waals surface area contributed by atoms with Gasteiger partial charge in [-0.25, -0.2) is 8.42 Å². The van der Waals surface area contributed by atoms with E-state index in [1.165, 1.54) is 10.4 Å². The molecule has 1 aromatic carbocycles. The van der Waals surface area contributed by atoms with E-state index in [0.29, 0.717) is 36.9 Å². The smallest absolute Gasteiger partial charge is 0.244 e. The number of morpholine rings is 1. The molecule has 1 heterocycles. The van der Waals surface area contributed by atoms with Crippen molar-refractivity contribution in [2.24, 2.45) is 0 Å². The maximum atomic E-state index is 12.5. The SMILES string of the molecule is O=S(=O)(c1cc(Cl)cc(CCl)c1Cl)N1CCOCC1. The number of halogens is 3. The van der Waals surface area contributed by atoms with Crippen molar-refractivity contribution in [1.82, 2.24) is 4.31 Å². The van der Waals surface area contributed by atoms with Gasteiger partial charge in [-0.05, 0) is 17.7 Å². The van der Waals surface area contributed by atoms with Gasteiger partial charge in [0.2, 0.25) is 10.0 Å². The van der Waals surface area contributed by atoms with Gasteiger partial charge in [0, 0.05) is 24.0 Å². The first-order valence-corrected chi connectivity index (χ1v) is 8.31. The summed E-state index contributed by atoms with van der Waals surface area (Å²) >= 11 is 17.8. The van der Waals surface area contributed by atoms with Crippen LogP contribution < -0.4 is 0 Å². The number of alkyl halides is 1. The van der Waals surface area contributed by atoms with E-state index >= 15 is 0 Å². The summed E-state index contributed by atoms with van der Waals surface area (Å²) in [5.74, 6) is 0.102. The summed E-state index contributed by atoms with van der Waals surface area (Å²) in [5, 5.41) is 0.428. The second-order valence-corrected chi connectivity index (χ2v) is 7.02. The van der Waals surface area contributed by atoms with Crippen molar-refractivity contribution in [2.75, 3.05) is 26.3 Å². The lowest BCUT2D eigenvalue weighted by atomic mass is 10.2. The third-order valence-electron chi connectivity index (χ3n) is 2.81. The molecule has 0 bridgehead atoms. The fourth-order valence-corrected chi connectivity index (χ4v) is 4.42. The van der Waals surface area contributed by atoms with E-state index in [2.05, 4.69) is 0 Å². The van der Waals surface area contributed by atoms with Gasteiger partial charge >= 0.3 is 0 Å². The second kappa shape index (κ2) is 6.16. The van der Waals surface area contributed by atoms with Gasteiger partial charge < -0.3 is 4.74 Å². The molecule has 0 N–H and O–H groups in total. The number of benzene rings is 1. The van der Waals surface area contributed by atoms with Gasteiger partial charge in [-0.2, -0.15) is 4.31 Å². The van der Waals surface area contributed by atoms with E-state index in [4.69, 9.17) is 39.5 Å². The van der Waals surface area contributed by atoms with Crippen LogP contribution in [0.5, 0.6) is 0 Å². The molecule has 0 aliphatic carbocycles. The van der Waals surface area contributed by atoms with Crippen LogP contribution in [0.2, 0.25) is 10.0 Å². The first kappa shape index (κ1) is 15.4. The van der Waals surface area contributed by atoms with Crippen molar-refractivity contribution < 1.29 is 13.2 Å². The van der Waals surface area contributed by atoms with Crippen LogP contribution in [-0.4, -0.2) is 39.0 Å². The third-order valence-corrected chi connectivity index (χ3v) is 5.80.